The lowest BCUT2D eigenvalue weighted by molar-refractivity contribution is 0.0724. The molecule has 3 amide bonds. The van der Waals surface area contributed by atoms with Crippen LogP contribution in [0.5, 0.6) is 0 Å². The van der Waals surface area contributed by atoms with E-state index < -0.39 is 15.9 Å². The first-order chi connectivity index (χ1) is 19.7. The summed E-state index contributed by atoms with van der Waals surface area (Å²) in [5.41, 5.74) is 2.36. The fourth-order valence-electron chi connectivity index (χ4n) is 4.71. The molecule has 3 heterocycles. The quantitative estimate of drug-likeness (QED) is 0.431. The zero-order valence-corrected chi connectivity index (χ0v) is 23.7. The fourth-order valence-corrected chi connectivity index (χ4v) is 5.31. The highest BCUT2D eigenvalue weighted by atomic mass is 32.2. The van der Waals surface area contributed by atoms with Crippen molar-refractivity contribution in [2.24, 2.45) is 0 Å². The molecule has 0 aliphatic carbocycles. The summed E-state index contributed by atoms with van der Waals surface area (Å²) in [6.07, 6.45) is 4.35. The van der Waals surface area contributed by atoms with Gasteiger partial charge in [-0.25, -0.2) is 18.2 Å². The summed E-state index contributed by atoms with van der Waals surface area (Å²) < 4.78 is 29.3. The second-order valence-electron chi connectivity index (χ2n) is 10.1. The van der Waals surface area contributed by atoms with Gasteiger partial charge in [0.05, 0.1) is 13.2 Å². The molecule has 0 saturated carbocycles. The monoisotopic (exact) mass is 579 g/mol. The molecule has 12 nitrogen and oxygen atoms in total. The molecule has 13 heteroatoms. The molecular formula is C28H33N7O5S. The number of aromatic nitrogens is 3. The second kappa shape index (κ2) is 12.6. The summed E-state index contributed by atoms with van der Waals surface area (Å²) in [4.78, 5) is 42.4. The first-order valence-electron chi connectivity index (χ1n) is 13.6. The average Bonchev–Trinajstić information content (AvgIpc) is 2.97. The molecule has 41 heavy (non-hydrogen) atoms. The predicted molar refractivity (Wildman–Crippen MR) is 156 cm³/mol. The standard InChI is InChI=1S/C28H33N7O5S/c1-41(38,39)19-24-31-25(33-27(32-24)35-15-17-40-18-16-35)20-5-9-22(10-6-20)29-28(37)30-23-11-7-21(8-12-23)26(36)34-13-3-2-4-14-34/h5-12H,2-4,13-19H2,1H3,(H2,29,30,37). The van der Waals surface area contributed by atoms with E-state index in [0.717, 1.165) is 38.6 Å². The van der Waals surface area contributed by atoms with E-state index in [2.05, 4.69) is 25.6 Å². The highest BCUT2D eigenvalue weighted by Gasteiger charge is 2.20. The lowest BCUT2D eigenvalue weighted by Gasteiger charge is -2.27. The number of ether oxygens (including phenoxy) is 1. The number of likely N-dealkylation sites (tertiary alicyclic amines) is 1. The van der Waals surface area contributed by atoms with E-state index in [-0.39, 0.29) is 17.5 Å². The van der Waals surface area contributed by atoms with E-state index in [4.69, 9.17) is 4.74 Å². The lowest BCUT2D eigenvalue weighted by Crippen LogP contribution is -2.37. The van der Waals surface area contributed by atoms with Gasteiger partial charge in [-0.15, -0.1) is 0 Å². The van der Waals surface area contributed by atoms with E-state index in [1.165, 1.54) is 0 Å². The van der Waals surface area contributed by atoms with Gasteiger partial charge in [-0.2, -0.15) is 9.97 Å². The van der Waals surface area contributed by atoms with E-state index in [1.807, 2.05) is 9.80 Å². The van der Waals surface area contributed by atoms with Crippen molar-refractivity contribution in [3.63, 3.8) is 0 Å². The van der Waals surface area contributed by atoms with Gasteiger partial charge in [0.1, 0.15) is 11.6 Å². The van der Waals surface area contributed by atoms with Crippen molar-refractivity contribution in [1.29, 1.82) is 0 Å². The van der Waals surface area contributed by atoms with Crippen LogP contribution in [0, 0.1) is 0 Å². The minimum Gasteiger partial charge on any atom is -0.378 e. The van der Waals surface area contributed by atoms with Crippen LogP contribution in [0.3, 0.4) is 0 Å². The third kappa shape index (κ3) is 7.76. The molecule has 2 aromatic carbocycles. The molecule has 216 valence electrons. The molecule has 2 aliphatic rings. The Morgan fingerprint density at radius 1 is 0.829 bits per heavy atom. The molecule has 0 bridgehead atoms. The molecule has 0 atom stereocenters. The maximum absolute atomic E-state index is 12.7. The Balaban J connectivity index is 1.24. The smallest absolute Gasteiger partial charge is 0.323 e. The van der Waals surface area contributed by atoms with Gasteiger partial charge in [0.25, 0.3) is 5.91 Å². The second-order valence-corrected chi connectivity index (χ2v) is 12.3. The van der Waals surface area contributed by atoms with Crippen molar-refractivity contribution in [3.05, 3.63) is 59.9 Å². The summed E-state index contributed by atoms with van der Waals surface area (Å²) in [5, 5.41) is 5.56. The lowest BCUT2D eigenvalue weighted by atomic mass is 10.1. The summed E-state index contributed by atoms with van der Waals surface area (Å²) in [6.45, 7) is 3.82. The highest BCUT2D eigenvalue weighted by Crippen LogP contribution is 2.22. The molecule has 0 unspecified atom stereocenters. The zero-order chi connectivity index (χ0) is 28.8. The number of nitrogens with one attached hydrogen (secondary N) is 2. The first kappa shape index (κ1) is 28.4. The van der Waals surface area contributed by atoms with Crippen LogP contribution in [-0.2, 0) is 20.3 Å². The van der Waals surface area contributed by atoms with Crippen LogP contribution in [-0.4, -0.2) is 85.9 Å². The Bertz CT molecular complexity index is 1490. The molecule has 0 radical (unpaired) electrons. The topological polar surface area (TPSA) is 147 Å². The van der Waals surface area contributed by atoms with Gasteiger partial charge >= 0.3 is 6.03 Å². The Kier molecular flexibility index (Phi) is 8.74. The predicted octanol–water partition coefficient (Wildman–Crippen LogP) is 3.19. The van der Waals surface area contributed by atoms with Crippen LogP contribution in [0.2, 0.25) is 0 Å². The Labute approximate surface area is 239 Å². The molecular weight excluding hydrogens is 546 g/mol. The Hall–Kier alpha value is -4.10. The first-order valence-corrected chi connectivity index (χ1v) is 15.6. The van der Waals surface area contributed by atoms with Crippen molar-refractivity contribution in [3.8, 4) is 11.4 Å². The average molecular weight is 580 g/mol. The van der Waals surface area contributed by atoms with Crippen molar-refractivity contribution in [2.75, 3.05) is 61.2 Å². The van der Waals surface area contributed by atoms with Crippen molar-refractivity contribution in [2.45, 2.75) is 25.0 Å². The maximum atomic E-state index is 12.7. The number of anilines is 3. The summed E-state index contributed by atoms with van der Waals surface area (Å²) >= 11 is 0. The number of nitrogens with zero attached hydrogens (tertiary/aromatic N) is 5. The van der Waals surface area contributed by atoms with Gasteiger partial charge in [0.15, 0.2) is 15.7 Å². The number of morpholine rings is 1. The third-order valence-electron chi connectivity index (χ3n) is 6.79. The number of rotatable bonds is 7. The van der Waals surface area contributed by atoms with Gasteiger partial charge in [0.2, 0.25) is 5.95 Å². The highest BCUT2D eigenvalue weighted by molar-refractivity contribution is 7.89. The number of benzene rings is 2. The summed E-state index contributed by atoms with van der Waals surface area (Å²) in [7, 11) is -3.35. The van der Waals surface area contributed by atoms with E-state index in [9.17, 15) is 18.0 Å². The van der Waals surface area contributed by atoms with Crippen molar-refractivity contribution < 1.29 is 22.7 Å². The van der Waals surface area contributed by atoms with Crippen LogP contribution in [0.1, 0.15) is 35.4 Å². The largest absolute Gasteiger partial charge is 0.378 e. The molecule has 0 spiro atoms. The molecule has 3 aromatic rings. The maximum Gasteiger partial charge on any atom is 0.323 e. The van der Waals surface area contributed by atoms with Crippen LogP contribution in [0.25, 0.3) is 11.4 Å². The van der Waals surface area contributed by atoms with Crippen LogP contribution in [0.4, 0.5) is 22.1 Å². The molecule has 2 saturated heterocycles. The van der Waals surface area contributed by atoms with Crippen molar-refractivity contribution >= 4 is 39.1 Å². The number of hydrogen-bond donors (Lipinski definition) is 2. The Morgan fingerprint density at radius 2 is 1.44 bits per heavy atom. The van der Waals surface area contributed by atoms with Gasteiger partial charge in [-0.1, -0.05) is 0 Å². The molecule has 2 fully saturated rings. The number of carbonyl (C=O) groups excluding carboxylic acids is 2. The normalized spacial score (nSPS) is 15.8. The number of carbonyl (C=O) groups is 2. The zero-order valence-electron chi connectivity index (χ0n) is 22.9. The van der Waals surface area contributed by atoms with E-state index >= 15 is 0 Å². The van der Waals surface area contributed by atoms with Gasteiger partial charge in [-0.05, 0) is 67.8 Å². The van der Waals surface area contributed by atoms with E-state index in [1.54, 1.807) is 48.5 Å². The Morgan fingerprint density at radius 3 is 2.05 bits per heavy atom. The third-order valence-corrected chi connectivity index (χ3v) is 7.57. The number of piperidine rings is 1. The van der Waals surface area contributed by atoms with Gasteiger partial charge in [0, 0.05) is 54.9 Å². The molecule has 5 rings (SSSR count). The van der Waals surface area contributed by atoms with Gasteiger partial charge in [-0.3, -0.25) is 4.79 Å². The summed E-state index contributed by atoms with van der Waals surface area (Å²) in [5.74, 6) is 0.633. The minimum absolute atomic E-state index is 0.0134. The fraction of sp³-hybridized carbons (Fsp3) is 0.393. The van der Waals surface area contributed by atoms with Crippen LogP contribution >= 0.6 is 0 Å². The number of urea groups is 1. The van der Waals surface area contributed by atoms with Crippen LogP contribution < -0.4 is 15.5 Å². The molecule has 2 N–H and O–H groups in total. The molecule has 1 aromatic heterocycles. The number of hydrogen-bond acceptors (Lipinski definition) is 9. The number of sulfone groups is 1. The van der Waals surface area contributed by atoms with Crippen LogP contribution in [0.15, 0.2) is 48.5 Å². The SMILES string of the molecule is CS(=O)(=O)Cc1nc(-c2ccc(NC(=O)Nc3ccc(C(=O)N4CCCCC4)cc3)cc2)nc(N2CCOCC2)n1. The minimum atomic E-state index is -3.35. The van der Waals surface area contributed by atoms with Gasteiger partial charge < -0.3 is 25.2 Å². The molecule has 2 aliphatic heterocycles. The summed E-state index contributed by atoms with van der Waals surface area (Å²) in [6, 6.07) is 13.4. The van der Waals surface area contributed by atoms with E-state index in [0.29, 0.717) is 60.6 Å². The number of amides is 3. The van der Waals surface area contributed by atoms with Crippen molar-refractivity contribution in [1.82, 2.24) is 19.9 Å².